The van der Waals surface area contributed by atoms with Crippen molar-refractivity contribution >= 4 is 21.1 Å². The fraction of sp³-hybridized carbons (Fsp3) is 0.231. The Morgan fingerprint density at radius 3 is 2.77 bits per heavy atom. The maximum Gasteiger partial charge on any atom is 0.417 e. The van der Waals surface area contributed by atoms with Gasteiger partial charge < -0.3 is 8.94 Å². The van der Waals surface area contributed by atoms with Crippen LogP contribution in [0.2, 0.25) is 0 Å². The number of oxazole rings is 1. The molecule has 0 aliphatic rings. The summed E-state index contributed by atoms with van der Waals surface area (Å²) in [5.41, 5.74) is 1.89. The Labute approximate surface area is 125 Å². The highest BCUT2D eigenvalue weighted by atomic mass is 32.2. The molecule has 8 nitrogen and oxygen atoms in total. The van der Waals surface area contributed by atoms with Gasteiger partial charge in [-0.15, -0.1) is 0 Å². The lowest BCUT2D eigenvalue weighted by atomic mass is 10.2. The summed E-state index contributed by atoms with van der Waals surface area (Å²) in [5, 5.41) is 3.63. The topological polar surface area (TPSA) is 118 Å². The smallest absolute Gasteiger partial charge is 0.408 e. The molecule has 0 radical (unpaired) electrons. The number of hydrogen-bond acceptors (Lipinski definition) is 6. The van der Waals surface area contributed by atoms with Crippen molar-refractivity contribution in [3.05, 3.63) is 45.8 Å². The summed E-state index contributed by atoms with van der Waals surface area (Å²) >= 11 is 0. The summed E-state index contributed by atoms with van der Waals surface area (Å²) in [4.78, 5) is 13.7. The number of nitrogens with zero attached hydrogens (tertiary/aromatic N) is 1. The van der Waals surface area contributed by atoms with Gasteiger partial charge in [-0.1, -0.05) is 11.2 Å². The number of benzene rings is 1. The van der Waals surface area contributed by atoms with Crippen LogP contribution in [0, 0.1) is 13.8 Å². The zero-order valence-electron chi connectivity index (χ0n) is 11.8. The first-order valence-corrected chi connectivity index (χ1v) is 7.89. The molecule has 0 bridgehead atoms. The van der Waals surface area contributed by atoms with E-state index < -0.39 is 15.8 Å². The summed E-state index contributed by atoms with van der Waals surface area (Å²) in [7, 11) is -3.73. The van der Waals surface area contributed by atoms with Gasteiger partial charge in [0.25, 0.3) is 0 Å². The molecule has 22 heavy (non-hydrogen) atoms. The molecular weight excluding hydrogens is 310 g/mol. The highest BCUT2D eigenvalue weighted by Crippen LogP contribution is 2.19. The Hall–Kier alpha value is -2.39. The van der Waals surface area contributed by atoms with Gasteiger partial charge in [0.05, 0.1) is 5.52 Å². The molecule has 116 valence electrons. The average molecular weight is 323 g/mol. The number of aromatic nitrogens is 2. The molecular formula is C13H13N3O5S. The lowest BCUT2D eigenvalue weighted by Gasteiger charge is -2.06. The van der Waals surface area contributed by atoms with E-state index in [0.717, 1.165) is 0 Å². The zero-order chi connectivity index (χ0) is 15.9. The number of aromatic amines is 1. The van der Waals surface area contributed by atoms with Crippen molar-refractivity contribution in [2.24, 2.45) is 0 Å². The van der Waals surface area contributed by atoms with E-state index in [4.69, 9.17) is 8.94 Å². The van der Waals surface area contributed by atoms with Gasteiger partial charge >= 0.3 is 5.76 Å². The maximum absolute atomic E-state index is 12.3. The lowest BCUT2D eigenvalue weighted by Crippen LogP contribution is -2.24. The second kappa shape index (κ2) is 5.11. The van der Waals surface area contributed by atoms with Crippen molar-refractivity contribution in [1.29, 1.82) is 0 Å². The van der Waals surface area contributed by atoms with E-state index in [9.17, 15) is 13.2 Å². The molecule has 3 rings (SSSR count). The molecule has 2 aromatic heterocycles. The summed E-state index contributed by atoms with van der Waals surface area (Å²) in [6.45, 7) is 3.15. The molecule has 0 aliphatic carbocycles. The van der Waals surface area contributed by atoms with Crippen LogP contribution in [0.5, 0.6) is 0 Å². The normalized spacial score (nSPS) is 12.1. The first kappa shape index (κ1) is 14.5. The summed E-state index contributed by atoms with van der Waals surface area (Å²) in [6.07, 6.45) is 0. The van der Waals surface area contributed by atoms with E-state index in [1.165, 1.54) is 6.92 Å². The third kappa shape index (κ3) is 2.55. The van der Waals surface area contributed by atoms with E-state index in [1.807, 2.05) is 0 Å². The summed E-state index contributed by atoms with van der Waals surface area (Å²) in [6, 6.07) is 4.95. The molecule has 0 amide bonds. The van der Waals surface area contributed by atoms with Crippen molar-refractivity contribution in [2.45, 2.75) is 25.3 Å². The average Bonchev–Trinajstić information content (AvgIpc) is 2.98. The van der Waals surface area contributed by atoms with Crippen LogP contribution in [0.25, 0.3) is 11.1 Å². The molecule has 0 fully saturated rings. The number of aryl methyl sites for hydroxylation is 2. The number of rotatable bonds is 4. The van der Waals surface area contributed by atoms with Crippen LogP contribution < -0.4 is 10.5 Å². The predicted molar refractivity (Wildman–Crippen MR) is 76.8 cm³/mol. The van der Waals surface area contributed by atoms with Crippen LogP contribution in [-0.4, -0.2) is 18.6 Å². The lowest BCUT2D eigenvalue weighted by molar-refractivity contribution is 0.390. The number of nitrogens with one attached hydrogen (secondary N) is 2. The SMILES string of the molecule is Cc1noc(C)c1S(=O)(=O)NCc1ccc2[nH]c(=O)oc2c1. The largest absolute Gasteiger partial charge is 0.417 e. The number of H-pyrrole nitrogens is 1. The van der Waals surface area contributed by atoms with Crippen LogP contribution in [0.4, 0.5) is 0 Å². The van der Waals surface area contributed by atoms with Crippen LogP contribution in [0.15, 0.2) is 36.8 Å². The highest BCUT2D eigenvalue weighted by molar-refractivity contribution is 7.89. The van der Waals surface area contributed by atoms with Crippen LogP contribution >= 0.6 is 0 Å². The zero-order valence-corrected chi connectivity index (χ0v) is 12.7. The van der Waals surface area contributed by atoms with Gasteiger partial charge in [0.15, 0.2) is 11.3 Å². The van der Waals surface area contributed by atoms with Crippen molar-refractivity contribution in [2.75, 3.05) is 0 Å². The summed E-state index contributed by atoms with van der Waals surface area (Å²) in [5.74, 6) is -0.319. The van der Waals surface area contributed by atoms with E-state index in [0.29, 0.717) is 22.4 Å². The second-order valence-corrected chi connectivity index (χ2v) is 6.53. The third-order valence-electron chi connectivity index (χ3n) is 3.19. The van der Waals surface area contributed by atoms with Gasteiger partial charge in [0.1, 0.15) is 10.6 Å². The Morgan fingerprint density at radius 2 is 2.09 bits per heavy atom. The molecule has 0 spiro atoms. The minimum absolute atomic E-state index is 0.0433. The van der Waals surface area contributed by atoms with Crippen molar-refractivity contribution in [1.82, 2.24) is 14.9 Å². The quantitative estimate of drug-likeness (QED) is 0.745. The molecule has 0 saturated carbocycles. The van der Waals surface area contributed by atoms with Gasteiger partial charge in [-0.2, -0.15) is 0 Å². The van der Waals surface area contributed by atoms with Crippen LogP contribution in [-0.2, 0) is 16.6 Å². The monoisotopic (exact) mass is 323 g/mol. The molecule has 0 unspecified atom stereocenters. The molecule has 0 saturated heterocycles. The maximum atomic E-state index is 12.3. The molecule has 2 heterocycles. The summed E-state index contributed by atoms with van der Waals surface area (Å²) < 4.78 is 36.9. The Kier molecular flexibility index (Phi) is 3.38. The minimum atomic E-state index is -3.73. The second-order valence-electron chi connectivity index (χ2n) is 4.82. The van der Waals surface area contributed by atoms with E-state index in [1.54, 1.807) is 25.1 Å². The number of sulfonamides is 1. The van der Waals surface area contributed by atoms with Gasteiger partial charge in [0, 0.05) is 6.54 Å². The van der Waals surface area contributed by atoms with Gasteiger partial charge in [-0.05, 0) is 31.5 Å². The van der Waals surface area contributed by atoms with Crippen molar-refractivity contribution in [3.8, 4) is 0 Å². The molecule has 1 aromatic carbocycles. The standard InChI is InChI=1S/C13H13N3O5S/c1-7-12(8(2)21-16-7)22(18,19)14-6-9-3-4-10-11(5-9)20-13(17)15-10/h3-5,14H,6H2,1-2H3,(H,15,17). The van der Waals surface area contributed by atoms with E-state index in [2.05, 4.69) is 14.9 Å². The Balaban J connectivity index is 1.85. The Morgan fingerprint density at radius 1 is 1.32 bits per heavy atom. The van der Waals surface area contributed by atoms with Crippen molar-refractivity contribution < 1.29 is 17.4 Å². The van der Waals surface area contributed by atoms with E-state index in [-0.39, 0.29) is 17.2 Å². The third-order valence-corrected chi connectivity index (χ3v) is 4.83. The molecule has 0 aliphatic heterocycles. The molecule has 9 heteroatoms. The number of hydrogen-bond donors (Lipinski definition) is 2. The molecule has 2 N–H and O–H groups in total. The highest BCUT2D eigenvalue weighted by Gasteiger charge is 2.23. The first-order valence-electron chi connectivity index (χ1n) is 6.41. The molecule has 3 aromatic rings. The van der Waals surface area contributed by atoms with Gasteiger partial charge in [-0.25, -0.2) is 17.9 Å². The fourth-order valence-corrected chi connectivity index (χ4v) is 3.55. The van der Waals surface area contributed by atoms with E-state index >= 15 is 0 Å². The van der Waals surface area contributed by atoms with Crippen LogP contribution in [0.3, 0.4) is 0 Å². The fourth-order valence-electron chi connectivity index (χ4n) is 2.21. The van der Waals surface area contributed by atoms with Crippen molar-refractivity contribution in [3.63, 3.8) is 0 Å². The minimum Gasteiger partial charge on any atom is -0.408 e. The molecule has 0 atom stereocenters. The van der Waals surface area contributed by atoms with Gasteiger partial charge in [0.2, 0.25) is 10.0 Å². The predicted octanol–water partition coefficient (Wildman–Crippen LogP) is 1.20. The van der Waals surface area contributed by atoms with Gasteiger partial charge in [-0.3, -0.25) is 4.98 Å². The number of fused-ring (bicyclic) bond motifs is 1. The Bertz CT molecular complexity index is 977. The van der Waals surface area contributed by atoms with Crippen LogP contribution in [0.1, 0.15) is 17.0 Å². The first-order chi connectivity index (χ1) is 10.4.